The number of ether oxygens (including phenoxy) is 3. The van der Waals surface area contributed by atoms with Gasteiger partial charge in [0.1, 0.15) is 34.7 Å². The van der Waals surface area contributed by atoms with Crippen LogP contribution < -0.4 is 15.6 Å². The lowest BCUT2D eigenvalue weighted by atomic mass is 10.0. The van der Waals surface area contributed by atoms with Gasteiger partial charge >= 0.3 is 0 Å². The van der Waals surface area contributed by atoms with Crippen LogP contribution in [-0.2, 0) is 22.4 Å². The number of halogens is 1. The van der Waals surface area contributed by atoms with Crippen LogP contribution in [0.4, 0.5) is 4.39 Å². The van der Waals surface area contributed by atoms with Gasteiger partial charge in [-0.15, -0.1) is 0 Å². The first-order chi connectivity index (χ1) is 18.0. The number of rotatable bonds is 10. The number of hydrogen-bond donors (Lipinski definition) is 2. The molecule has 198 valence electrons. The molecule has 3 aromatic rings. The van der Waals surface area contributed by atoms with Gasteiger partial charge in [0.2, 0.25) is 0 Å². The van der Waals surface area contributed by atoms with Crippen LogP contribution in [0.5, 0.6) is 11.5 Å². The molecule has 2 aliphatic heterocycles. The minimum Gasteiger partial charge on any atom is -0.505 e. The highest BCUT2D eigenvalue weighted by Gasteiger charge is 2.33. The summed E-state index contributed by atoms with van der Waals surface area (Å²) in [4.78, 5) is 20.8. The van der Waals surface area contributed by atoms with E-state index in [1.54, 1.807) is 30.0 Å². The van der Waals surface area contributed by atoms with Crippen LogP contribution in [0.25, 0.3) is 11.0 Å². The molecule has 2 aromatic heterocycles. The topological polar surface area (TPSA) is 98.1 Å². The Balaban J connectivity index is 1.61. The van der Waals surface area contributed by atoms with Crippen molar-refractivity contribution in [2.24, 2.45) is 0 Å². The van der Waals surface area contributed by atoms with E-state index < -0.39 is 6.23 Å². The molecule has 2 aliphatic rings. The maximum Gasteiger partial charge on any atom is 0.262 e. The lowest BCUT2D eigenvalue weighted by Gasteiger charge is -2.32. The molecule has 1 fully saturated rings. The van der Waals surface area contributed by atoms with Crippen LogP contribution in [0, 0.1) is 5.82 Å². The Kier molecular flexibility index (Phi) is 7.71. The van der Waals surface area contributed by atoms with Gasteiger partial charge in [-0.25, -0.2) is 4.39 Å². The summed E-state index contributed by atoms with van der Waals surface area (Å²) in [7, 11) is 3.07. The molecule has 1 aromatic carbocycles. The Morgan fingerprint density at radius 3 is 2.70 bits per heavy atom. The molecule has 10 heteroatoms. The number of likely N-dealkylation sites (tertiary alicyclic amines) is 1. The maximum absolute atomic E-state index is 13.9. The fourth-order valence-electron chi connectivity index (χ4n) is 5.26. The molecule has 1 saturated heterocycles. The molecule has 0 amide bonds. The Bertz CT molecular complexity index is 1310. The first kappa shape index (κ1) is 25.6. The van der Waals surface area contributed by atoms with Crippen molar-refractivity contribution >= 4 is 11.0 Å². The second kappa shape index (κ2) is 11.1. The molecule has 37 heavy (non-hydrogen) atoms. The second-order valence-electron chi connectivity index (χ2n) is 9.60. The summed E-state index contributed by atoms with van der Waals surface area (Å²) in [6, 6.07) is 6.28. The van der Waals surface area contributed by atoms with E-state index in [1.165, 1.54) is 19.2 Å². The van der Waals surface area contributed by atoms with Gasteiger partial charge in [-0.2, -0.15) is 0 Å². The molecule has 2 atom stereocenters. The Morgan fingerprint density at radius 1 is 1.24 bits per heavy atom. The van der Waals surface area contributed by atoms with Gasteiger partial charge < -0.3 is 19.3 Å². The van der Waals surface area contributed by atoms with Crippen LogP contribution >= 0.6 is 0 Å². The zero-order chi connectivity index (χ0) is 25.9. The van der Waals surface area contributed by atoms with E-state index in [-0.39, 0.29) is 34.3 Å². The summed E-state index contributed by atoms with van der Waals surface area (Å²) in [5, 5.41) is 14.3. The number of nitrogens with zero attached hydrogens (tertiary/aromatic N) is 3. The number of nitrogens with one attached hydrogen (secondary N) is 1. The molecule has 5 rings (SSSR count). The normalized spacial score (nSPS) is 18.3. The van der Waals surface area contributed by atoms with Gasteiger partial charge in [0, 0.05) is 45.5 Å². The lowest BCUT2D eigenvalue weighted by molar-refractivity contribution is 0.0617. The van der Waals surface area contributed by atoms with E-state index >= 15 is 0 Å². The summed E-state index contributed by atoms with van der Waals surface area (Å²) in [6.45, 7) is 3.90. The smallest absolute Gasteiger partial charge is 0.262 e. The third-order valence-corrected chi connectivity index (χ3v) is 7.08. The van der Waals surface area contributed by atoms with Crippen molar-refractivity contribution in [1.82, 2.24) is 19.8 Å². The van der Waals surface area contributed by atoms with Gasteiger partial charge in [0.05, 0.1) is 13.2 Å². The number of aromatic nitrogens is 2. The number of benzene rings is 1. The predicted octanol–water partition coefficient (Wildman–Crippen LogP) is 2.57. The molecule has 4 heterocycles. The van der Waals surface area contributed by atoms with Crippen molar-refractivity contribution in [3.05, 3.63) is 63.3 Å². The van der Waals surface area contributed by atoms with E-state index in [9.17, 15) is 14.3 Å². The Hall–Kier alpha value is -3.05. The van der Waals surface area contributed by atoms with E-state index in [2.05, 4.69) is 15.2 Å². The fraction of sp³-hybridized carbons (Fsp3) is 0.481. The van der Waals surface area contributed by atoms with E-state index in [4.69, 9.17) is 14.2 Å². The van der Waals surface area contributed by atoms with Crippen molar-refractivity contribution in [2.75, 3.05) is 47.0 Å². The molecule has 0 spiro atoms. The first-order valence-corrected chi connectivity index (χ1v) is 12.7. The molecule has 0 aliphatic carbocycles. The molecular weight excluding hydrogens is 479 g/mol. The largest absolute Gasteiger partial charge is 0.505 e. The van der Waals surface area contributed by atoms with Crippen molar-refractivity contribution in [1.29, 1.82) is 0 Å². The monoisotopic (exact) mass is 512 g/mol. The highest BCUT2D eigenvalue weighted by atomic mass is 19.1. The SMILES string of the molecule is COCCNC(OC)c1c(O)c2ncc(Cc3ccc(F)cc3)c3c2n(c1=O)CC(CN1CCCC1)O3. The van der Waals surface area contributed by atoms with Crippen molar-refractivity contribution in [2.45, 2.75) is 38.1 Å². The molecule has 0 saturated carbocycles. The van der Waals surface area contributed by atoms with Gasteiger partial charge in [-0.1, -0.05) is 12.1 Å². The van der Waals surface area contributed by atoms with Gasteiger partial charge in [-0.3, -0.25) is 24.6 Å². The average molecular weight is 513 g/mol. The van der Waals surface area contributed by atoms with Crippen LogP contribution in [0.2, 0.25) is 0 Å². The highest BCUT2D eigenvalue weighted by Crippen LogP contribution is 2.39. The predicted molar refractivity (Wildman–Crippen MR) is 137 cm³/mol. The Labute approximate surface area is 214 Å². The van der Waals surface area contributed by atoms with Crippen molar-refractivity contribution in [3.63, 3.8) is 0 Å². The number of aromatic hydroxyl groups is 1. The molecule has 2 unspecified atom stereocenters. The minimum absolute atomic E-state index is 0.109. The van der Waals surface area contributed by atoms with Gasteiger partial charge in [0.15, 0.2) is 11.5 Å². The quantitative estimate of drug-likeness (QED) is 0.316. The third kappa shape index (κ3) is 5.19. The molecule has 0 bridgehead atoms. The number of methoxy groups -OCH3 is 2. The summed E-state index contributed by atoms with van der Waals surface area (Å²) >= 11 is 0. The molecule has 2 N–H and O–H groups in total. The maximum atomic E-state index is 13.9. The van der Waals surface area contributed by atoms with E-state index in [0.29, 0.717) is 43.9 Å². The van der Waals surface area contributed by atoms with Gasteiger partial charge in [-0.05, 0) is 43.6 Å². The summed E-state index contributed by atoms with van der Waals surface area (Å²) < 4.78 is 32.3. The van der Waals surface area contributed by atoms with Crippen LogP contribution in [-0.4, -0.2) is 72.7 Å². The standard InChI is InChI=1S/C27H33FN4O5/c1-35-12-9-29-26(36-2)21-24(33)22-23-25(18(14-30-22)13-17-5-7-19(28)8-6-17)37-20(16-32(23)27(21)34)15-31-10-3-4-11-31/h5-8,14,20,26,29,33H,3-4,9-13,15-16H2,1-2H3. The number of pyridine rings is 2. The third-order valence-electron chi connectivity index (χ3n) is 7.08. The molecule has 0 radical (unpaired) electrons. The van der Waals surface area contributed by atoms with Gasteiger partial charge in [0.25, 0.3) is 5.56 Å². The highest BCUT2D eigenvalue weighted by molar-refractivity contribution is 5.89. The van der Waals surface area contributed by atoms with Crippen molar-refractivity contribution < 1.29 is 23.7 Å². The van der Waals surface area contributed by atoms with Crippen LogP contribution in [0.3, 0.4) is 0 Å². The average Bonchev–Trinajstić information content (AvgIpc) is 3.41. The number of hydrogen-bond acceptors (Lipinski definition) is 8. The van der Waals surface area contributed by atoms with E-state index in [1.807, 2.05) is 0 Å². The summed E-state index contributed by atoms with van der Waals surface area (Å²) in [5.41, 5.74) is 2.17. The Morgan fingerprint density at radius 2 is 2.00 bits per heavy atom. The molecular formula is C27H33FN4O5. The second-order valence-corrected chi connectivity index (χ2v) is 9.60. The van der Waals surface area contributed by atoms with Crippen LogP contribution in [0.15, 0.2) is 35.3 Å². The minimum atomic E-state index is -0.834. The van der Waals surface area contributed by atoms with Crippen LogP contribution in [0.1, 0.15) is 35.8 Å². The zero-order valence-electron chi connectivity index (χ0n) is 21.2. The van der Waals surface area contributed by atoms with E-state index in [0.717, 1.165) is 37.1 Å². The lowest BCUT2D eigenvalue weighted by Crippen LogP contribution is -2.43. The first-order valence-electron chi connectivity index (χ1n) is 12.7. The summed E-state index contributed by atoms with van der Waals surface area (Å²) in [6.07, 6.45) is 3.34. The zero-order valence-corrected chi connectivity index (χ0v) is 21.2. The fourth-order valence-corrected chi connectivity index (χ4v) is 5.26. The summed E-state index contributed by atoms with van der Waals surface area (Å²) in [5.74, 6) is -0.00373. The molecule has 9 nitrogen and oxygen atoms in total. The van der Waals surface area contributed by atoms with Crippen molar-refractivity contribution in [3.8, 4) is 11.5 Å².